The van der Waals surface area contributed by atoms with E-state index in [0.29, 0.717) is 21.3 Å². The Morgan fingerprint density at radius 3 is 2.78 bits per heavy atom. The zero-order chi connectivity index (χ0) is 16.4. The standard InChI is InChI=1S/C17H17ClN2O2S/c1-11-5-6-12(19-17(22)14-7-8-15(18)23-14)10-13(11)20-9-3-2-4-16(20)21/h5-8,10H,2-4,9H2,1H3,(H,19,22). The third-order valence-corrected chi connectivity index (χ3v) is 5.11. The van der Waals surface area contributed by atoms with Gasteiger partial charge >= 0.3 is 0 Å². The minimum absolute atomic E-state index is 0.146. The first-order chi connectivity index (χ1) is 11.0. The number of nitrogens with zero attached hydrogens (tertiary/aromatic N) is 1. The van der Waals surface area contributed by atoms with Crippen molar-refractivity contribution in [2.24, 2.45) is 0 Å². The van der Waals surface area contributed by atoms with Gasteiger partial charge in [0.05, 0.1) is 9.21 Å². The molecule has 120 valence electrons. The van der Waals surface area contributed by atoms with Gasteiger partial charge < -0.3 is 10.2 Å². The summed E-state index contributed by atoms with van der Waals surface area (Å²) in [5.74, 6) is -0.0467. The van der Waals surface area contributed by atoms with E-state index >= 15 is 0 Å². The average molecular weight is 349 g/mol. The molecule has 0 atom stereocenters. The molecule has 0 unspecified atom stereocenters. The van der Waals surface area contributed by atoms with Crippen molar-refractivity contribution >= 4 is 46.1 Å². The number of piperidine rings is 1. The Bertz CT molecular complexity index is 757. The summed E-state index contributed by atoms with van der Waals surface area (Å²) in [7, 11) is 0. The number of amides is 2. The number of benzene rings is 1. The van der Waals surface area contributed by atoms with E-state index in [2.05, 4.69) is 5.32 Å². The smallest absolute Gasteiger partial charge is 0.265 e. The maximum atomic E-state index is 12.2. The Labute approximate surface area is 144 Å². The molecule has 2 heterocycles. The third kappa shape index (κ3) is 3.57. The van der Waals surface area contributed by atoms with Gasteiger partial charge in [0.1, 0.15) is 0 Å². The van der Waals surface area contributed by atoms with Gasteiger partial charge in [-0.25, -0.2) is 0 Å². The van der Waals surface area contributed by atoms with Gasteiger partial charge in [0.15, 0.2) is 0 Å². The van der Waals surface area contributed by atoms with Gasteiger partial charge in [0.25, 0.3) is 5.91 Å². The number of rotatable bonds is 3. The lowest BCUT2D eigenvalue weighted by Gasteiger charge is -2.28. The highest BCUT2D eigenvalue weighted by Gasteiger charge is 2.21. The van der Waals surface area contributed by atoms with E-state index in [1.54, 1.807) is 12.1 Å². The average Bonchev–Trinajstić information content (AvgIpc) is 2.97. The Kier molecular flexibility index (Phi) is 4.68. The number of carbonyl (C=O) groups excluding carboxylic acids is 2. The van der Waals surface area contributed by atoms with Crippen LogP contribution in [0.2, 0.25) is 4.34 Å². The molecule has 2 amide bonds. The molecular formula is C17H17ClN2O2S. The molecule has 1 aromatic heterocycles. The highest BCUT2D eigenvalue weighted by atomic mass is 35.5. The molecule has 0 aliphatic carbocycles. The molecule has 1 aliphatic heterocycles. The van der Waals surface area contributed by atoms with E-state index in [0.717, 1.165) is 30.6 Å². The van der Waals surface area contributed by atoms with Crippen molar-refractivity contribution < 1.29 is 9.59 Å². The fraction of sp³-hybridized carbons (Fsp3) is 0.294. The molecule has 0 bridgehead atoms. The van der Waals surface area contributed by atoms with Crippen LogP contribution in [0.4, 0.5) is 11.4 Å². The van der Waals surface area contributed by atoms with Crippen LogP contribution in [-0.2, 0) is 4.79 Å². The molecular weight excluding hydrogens is 332 g/mol. The Morgan fingerprint density at radius 1 is 1.26 bits per heavy atom. The van der Waals surface area contributed by atoms with Gasteiger partial charge in [0.2, 0.25) is 5.91 Å². The normalized spacial score (nSPS) is 14.9. The highest BCUT2D eigenvalue weighted by molar-refractivity contribution is 7.18. The van der Waals surface area contributed by atoms with Crippen molar-refractivity contribution in [3.8, 4) is 0 Å². The van der Waals surface area contributed by atoms with Crippen molar-refractivity contribution in [1.82, 2.24) is 0 Å². The van der Waals surface area contributed by atoms with Crippen LogP contribution < -0.4 is 10.2 Å². The number of nitrogens with one attached hydrogen (secondary N) is 1. The Morgan fingerprint density at radius 2 is 2.09 bits per heavy atom. The first kappa shape index (κ1) is 16.0. The van der Waals surface area contributed by atoms with Crippen LogP contribution >= 0.6 is 22.9 Å². The number of anilines is 2. The number of hydrogen-bond acceptors (Lipinski definition) is 3. The molecule has 1 N–H and O–H groups in total. The third-order valence-electron chi connectivity index (χ3n) is 3.88. The van der Waals surface area contributed by atoms with Gasteiger partial charge in [-0.15, -0.1) is 11.3 Å². The Hall–Kier alpha value is -1.85. The molecule has 0 radical (unpaired) electrons. The lowest BCUT2D eigenvalue weighted by atomic mass is 10.1. The number of aryl methyl sites for hydroxylation is 1. The fourth-order valence-corrected chi connectivity index (χ4v) is 3.61. The van der Waals surface area contributed by atoms with E-state index in [-0.39, 0.29) is 11.8 Å². The maximum Gasteiger partial charge on any atom is 0.265 e. The van der Waals surface area contributed by atoms with Crippen LogP contribution in [0.5, 0.6) is 0 Å². The molecule has 1 aliphatic rings. The zero-order valence-electron chi connectivity index (χ0n) is 12.8. The zero-order valence-corrected chi connectivity index (χ0v) is 14.3. The van der Waals surface area contributed by atoms with Crippen molar-refractivity contribution in [3.63, 3.8) is 0 Å². The van der Waals surface area contributed by atoms with E-state index < -0.39 is 0 Å². The molecule has 3 rings (SSSR count). The van der Waals surface area contributed by atoms with Crippen LogP contribution in [-0.4, -0.2) is 18.4 Å². The molecule has 1 saturated heterocycles. The summed E-state index contributed by atoms with van der Waals surface area (Å²) in [6.07, 6.45) is 2.54. The van der Waals surface area contributed by atoms with Crippen LogP contribution in [0.3, 0.4) is 0 Å². The van der Waals surface area contributed by atoms with Crippen molar-refractivity contribution in [2.75, 3.05) is 16.8 Å². The molecule has 2 aromatic rings. The second-order valence-electron chi connectivity index (χ2n) is 5.56. The van der Waals surface area contributed by atoms with Gasteiger partial charge in [-0.05, 0) is 49.6 Å². The first-order valence-electron chi connectivity index (χ1n) is 7.52. The number of halogens is 1. The van der Waals surface area contributed by atoms with Gasteiger partial charge in [-0.3, -0.25) is 9.59 Å². The Balaban J connectivity index is 1.82. The van der Waals surface area contributed by atoms with Gasteiger partial charge in [-0.1, -0.05) is 17.7 Å². The summed E-state index contributed by atoms with van der Waals surface area (Å²) in [4.78, 5) is 26.7. The largest absolute Gasteiger partial charge is 0.321 e. The summed E-state index contributed by atoms with van der Waals surface area (Å²) >= 11 is 7.11. The summed E-state index contributed by atoms with van der Waals surface area (Å²) < 4.78 is 0.582. The van der Waals surface area contributed by atoms with Crippen molar-refractivity contribution in [1.29, 1.82) is 0 Å². The van der Waals surface area contributed by atoms with Crippen molar-refractivity contribution in [2.45, 2.75) is 26.2 Å². The molecule has 4 nitrogen and oxygen atoms in total. The summed E-state index contributed by atoms with van der Waals surface area (Å²) in [5.41, 5.74) is 2.58. The van der Waals surface area contributed by atoms with E-state index in [4.69, 9.17) is 11.6 Å². The maximum absolute atomic E-state index is 12.2. The van der Waals surface area contributed by atoms with Crippen LogP contribution in [0.1, 0.15) is 34.5 Å². The number of carbonyl (C=O) groups is 2. The van der Waals surface area contributed by atoms with E-state index in [1.807, 2.05) is 30.0 Å². The predicted octanol–water partition coefficient (Wildman–Crippen LogP) is 4.48. The SMILES string of the molecule is Cc1ccc(NC(=O)c2ccc(Cl)s2)cc1N1CCCCC1=O. The molecule has 0 saturated carbocycles. The van der Waals surface area contributed by atoms with Crippen LogP contribution in [0, 0.1) is 6.92 Å². The monoisotopic (exact) mass is 348 g/mol. The lowest BCUT2D eigenvalue weighted by Crippen LogP contribution is -2.35. The van der Waals surface area contributed by atoms with E-state index in [1.165, 1.54) is 11.3 Å². The van der Waals surface area contributed by atoms with Crippen LogP contribution in [0.25, 0.3) is 0 Å². The molecule has 0 spiro atoms. The van der Waals surface area contributed by atoms with E-state index in [9.17, 15) is 9.59 Å². The highest BCUT2D eigenvalue weighted by Crippen LogP contribution is 2.28. The van der Waals surface area contributed by atoms with Crippen LogP contribution in [0.15, 0.2) is 30.3 Å². The summed E-state index contributed by atoms with van der Waals surface area (Å²) in [6.45, 7) is 2.71. The fourth-order valence-electron chi connectivity index (χ4n) is 2.67. The molecule has 6 heteroatoms. The first-order valence-corrected chi connectivity index (χ1v) is 8.72. The predicted molar refractivity (Wildman–Crippen MR) is 94.7 cm³/mol. The minimum atomic E-state index is -0.193. The van der Waals surface area contributed by atoms with Gasteiger partial charge in [-0.2, -0.15) is 0 Å². The molecule has 1 aromatic carbocycles. The topological polar surface area (TPSA) is 49.4 Å². The molecule has 23 heavy (non-hydrogen) atoms. The summed E-state index contributed by atoms with van der Waals surface area (Å²) in [6, 6.07) is 9.04. The number of thiophene rings is 1. The summed E-state index contributed by atoms with van der Waals surface area (Å²) in [5, 5.41) is 2.87. The van der Waals surface area contributed by atoms with Crippen molar-refractivity contribution in [3.05, 3.63) is 45.1 Å². The minimum Gasteiger partial charge on any atom is -0.321 e. The quantitative estimate of drug-likeness (QED) is 0.889. The molecule has 1 fully saturated rings. The second kappa shape index (κ2) is 6.72. The number of hydrogen-bond donors (Lipinski definition) is 1. The lowest BCUT2D eigenvalue weighted by molar-refractivity contribution is -0.119. The van der Waals surface area contributed by atoms with Gasteiger partial charge in [0, 0.05) is 24.3 Å². The second-order valence-corrected chi connectivity index (χ2v) is 7.28.